The molecule has 0 amide bonds. The molecule has 0 aliphatic carbocycles. The van der Waals surface area contributed by atoms with Gasteiger partial charge >= 0.3 is 0 Å². The number of hydrogen-bond donors (Lipinski definition) is 3. The van der Waals surface area contributed by atoms with E-state index in [1.54, 1.807) is 24.3 Å². The van der Waals surface area contributed by atoms with E-state index in [0.717, 1.165) is 13.1 Å². The minimum atomic E-state index is -0.425. The van der Waals surface area contributed by atoms with E-state index in [9.17, 15) is 20.1 Å². The van der Waals surface area contributed by atoms with Crippen molar-refractivity contribution >= 4 is 35.0 Å². The molecule has 30 heavy (non-hydrogen) atoms. The molecular formula is C22H23Cl2NO5. The van der Waals surface area contributed by atoms with Crippen LogP contribution in [0.15, 0.2) is 45.6 Å². The first kappa shape index (κ1) is 22.4. The minimum absolute atomic E-state index is 0. The van der Waals surface area contributed by atoms with E-state index in [4.69, 9.17) is 16.0 Å². The van der Waals surface area contributed by atoms with E-state index in [0.29, 0.717) is 22.6 Å². The Labute approximate surface area is 184 Å². The number of halogens is 2. The fraction of sp³-hybridized carbons (Fsp3) is 0.318. The lowest BCUT2D eigenvalue weighted by molar-refractivity contribution is 0.155. The molecule has 2 aromatic carbocycles. The molecule has 0 saturated carbocycles. The smallest absolute Gasteiger partial charge is 0.197 e. The number of nitrogens with zero attached hydrogens (tertiary/aromatic N) is 1. The summed E-state index contributed by atoms with van der Waals surface area (Å²) in [5.41, 5.74) is 0.679. The standard InChI is InChI=1S/C22H22ClNO5.ClH/c1-2-24-8-7-13(15(24)11-25)20-16(26)9-17(27)21-18(28)10-19(29-22(20)21)12-5-3-4-6-14(12)23;/h3-6,9-10,13,15,25-27H,2,7-8,11H2,1H3;1H. The largest absolute Gasteiger partial charge is 0.507 e. The number of benzene rings is 2. The average Bonchev–Trinajstić information content (AvgIpc) is 3.10. The first-order valence-corrected chi connectivity index (χ1v) is 9.96. The molecule has 0 radical (unpaired) electrons. The number of phenolic OH excluding ortho intramolecular Hbond substituents is 2. The molecule has 1 saturated heterocycles. The van der Waals surface area contributed by atoms with Crippen molar-refractivity contribution in [2.45, 2.75) is 25.3 Å². The third kappa shape index (κ3) is 3.65. The Bertz CT molecular complexity index is 1130. The maximum atomic E-state index is 12.9. The van der Waals surface area contributed by atoms with Gasteiger partial charge in [-0.2, -0.15) is 0 Å². The van der Waals surface area contributed by atoms with Gasteiger partial charge in [0.15, 0.2) is 5.43 Å². The highest BCUT2D eigenvalue weighted by molar-refractivity contribution is 6.33. The molecule has 1 fully saturated rings. The monoisotopic (exact) mass is 451 g/mol. The Balaban J connectivity index is 0.00000256. The number of hydrogen-bond acceptors (Lipinski definition) is 6. The predicted molar refractivity (Wildman–Crippen MR) is 119 cm³/mol. The highest BCUT2D eigenvalue weighted by Gasteiger charge is 2.37. The second kappa shape index (κ2) is 8.86. The van der Waals surface area contributed by atoms with E-state index >= 15 is 0 Å². The molecule has 0 bridgehead atoms. The zero-order chi connectivity index (χ0) is 20.7. The quantitative estimate of drug-likeness (QED) is 0.552. The number of likely N-dealkylation sites (N-methyl/N-ethyl adjacent to an activating group) is 1. The van der Waals surface area contributed by atoms with Gasteiger partial charge in [0.25, 0.3) is 0 Å². The minimum Gasteiger partial charge on any atom is -0.507 e. The second-order valence-corrected chi connectivity index (χ2v) is 7.67. The summed E-state index contributed by atoms with van der Waals surface area (Å²) in [4.78, 5) is 15.0. The molecule has 0 spiro atoms. The number of aliphatic hydroxyl groups is 1. The fourth-order valence-electron chi connectivity index (χ4n) is 4.36. The number of rotatable bonds is 4. The van der Waals surface area contributed by atoms with Crippen LogP contribution in [-0.4, -0.2) is 46.0 Å². The highest BCUT2D eigenvalue weighted by atomic mass is 35.5. The number of likely N-dealkylation sites (tertiary alicyclic amines) is 1. The van der Waals surface area contributed by atoms with Crippen LogP contribution in [0.3, 0.4) is 0 Å². The topological polar surface area (TPSA) is 94.1 Å². The summed E-state index contributed by atoms with van der Waals surface area (Å²) in [7, 11) is 0. The molecule has 2 atom stereocenters. The van der Waals surface area contributed by atoms with Gasteiger partial charge in [0.05, 0.1) is 11.6 Å². The van der Waals surface area contributed by atoms with Crippen molar-refractivity contribution < 1.29 is 19.7 Å². The summed E-state index contributed by atoms with van der Waals surface area (Å²) >= 11 is 6.27. The van der Waals surface area contributed by atoms with Crippen LogP contribution in [0.1, 0.15) is 24.8 Å². The molecular weight excluding hydrogens is 429 g/mol. The third-order valence-corrected chi connectivity index (χ3v) is 6.09. The van der Waals surface area contributed by atoms with Gasteiger partial charge < -0.3 is 19.7 Å². The summed E-state index contributed by atoms with van der Waals surface area (Å²) in [6.45, 7) is 3.43. The van der Waals surface area contributed by atoms with E-state index in [2.05, 4.69) is 4.90 Å². The van der Waals surface area contributed by atoms with Gasteiger partial charge in [-0.25, -0.2) is 0 Å². The van der Waals surface area contributed by atoms with Gasteiger partial charge in [0, 0.05) is 35.2 Å². The van der Waals surface area contributed by atoms with Crippen molar-refractivity contribution in [1.82, 2.24) is 4.90 Å². The highest BCUT2D eigenvalue weighted by Crippen LogP contribution is 2.44. The van der Waals surface area contributed by atoms with Crippen LogP contribution in [0.5, 0.6) is 11.5 Å². The molecule has 4 rings (SSSR count). The van der Waals surface area contributed by atoms with Crippen molar-refractivity contribution in [3.8, 4) is 22.8 Å². The van der Waals surface area contributed by atoms with Gasteiger partial charge in [-0.15, -0.1) is 12.4 Å². The Kier molecular flexibility index (Phi) is 6.62. The number of phenols is 2. The Morgan fingerprint density at radius 2 is 1.93 bits per heavy atom. The van der Waals surface area contributed by atoms with Crippen molar-refractivity contribution in [3.63, 3.8) is 0 Å². The molecule has 1 aliphatic rings. The van der Waals surface area contributed by atoms with Gasteiger partial charge in [0.1, 0.15) is 28.2 Å². The van der Waals surface area contributed by atoms with Crippen molar-refractivity contribution in [1.29, 1.82) is 0 Å². The molecule has 3 N–H and O–H groups in total. The summed E-state index contributed by atoms with van der Waals surface area (Å²) in [5, 5.41) is 31.4. The van der Waals surface area contributed by atoms with Crippen molar-refractivity contribution in [3.05, 3.63) is 57.2 Å². The van der Waals surface area contributed by atoms with Crippen LogP contribution in [0.4, 0.5) is 0 Å². The summed E-state index contributed by atoms with van der Waals surface area (Å²) in [5.74, 6) is -0.486. The maximum Gasteiger partial charge on any atom is 0.197 e. The van der Waals surface area contributed by atoms with Gasteiger partial charge in [-0.05, 0) is 31.6 Å². The van der Waals surface area contributed by atoms with E-state index in [1.807, 2.05) is 6.92 Å². The fourth-order valence-corrected chi connectivity index (χ4v) is 4.59. The lowest BCUT2D eigenvalue weighted by atomic mass is 9.89. The van der Waals surface area contributed by atoms with Crippen molar-refractivity contribution in [2.75, 3.05) is 19.7 Å². The van der Waals surface area contributed by atoms with Crippen molar-refractivity contribution in [2.24, 2.45) is 0 Å². The van der Waals surface area contributed by atoms with Gasteiger partial charge in [-0.3, -0.25) is 9.69 Å². The van der Waals surface area contributed by atoms with Gasteiger partial charge in [0.2, 0.25) is 0 Å². The average molecular weight is 452 g/mol. The number of fused-ring (bicyclic) bond motifs is 1. The van der Waals surface area contributed by atoms with E-state index < -0.39 is 5.43 Å². The SMILES string of the molecule is CCN1CCC(c2c(O)cc(O)c3c(=O)cc(-c4ccccc4Cl)oc23)C1CO.Cl. The first-order chi connectivity index (χ1) is 14.0. The summed E-state index contributed by atoms with van der Waals surface area (Å²) in [6.07, 6.45) is 0.687. The number of aliphatic hydroxyl groups excluding tert-OH is 1. The third-order valence-electron chi connectivity index (χ3n) is 5.76. The maximum absolute atomic E-state index is 12.9. The van der Waals surface area contributed by atoms with Crippen LogP contribution in [0, 0.1) is 0 Å². The Morgan fingerprint density at radius 1 is 1.20 bits per heavy atom. The Morgan fingerprint density at radius 3 is 2.60 bits per heavy atom. The zero-order valence-corrected chi connectivity index (χ0v) is 17.9. The molecule has 1 aliphatic heterocycles. The van der Waals surface area contributed by atoms with Gasteiger partial charge in [-0.1, -0.05) is 30.7 Å². The Hall–Kier alpha value is -2.25. The first-order valence-electron chi connectivity index (χ1n) is 9.58. The van der Waals surface area contributed by atoms with E-state index in [1.165, 1.54) is 12.1 Å². The molecule has 2 unspecified atom stereocenters. The second-order valence-electron chi connectivity index (χ2n) is 7.26. The molecule has 8 heteroatoms. The lowest BCUT2D eigenvalue weighted by Gasteiger charge is -2.26. The molecule has 160 valence electrons. The van der Waals surface area contributed by atoms with Crippen LogP contribution < -0.4 is 5.43 Å². The summed E-state index contributed by atoms with van der Waals surface area (Å²) in [6, 6.07) is 9.24. The van der Waals surface area contributed by atoms with Crippen LogP contribution in [0.25, 0.3) is 22.3 Å². The molecule has 6 nitrogen and oxygen atoms in total. The van der Waals surface area contributed by atoms with Crippen LogP contribution in [-0.2, 0) is 0 Å². The lowest BCUT2D eigenvalue weighted by Crippen LogP contribution is -2.35. The molecule has 2 heterocycles. The number of aromatic hydroxyl groups is 2. The summed E-state index contributed by atoms with van der Waals surface area (Å²) < 4.78 is 6.07. The van der Waals surface area contributed by atoms with Crippen LogP contribution in [0.2, 0.25) is 5.02 Å². The van der Waals surface area contributed by atoms with Crippen LogP contribution >= 0.6 is 24.0 Å². The zero-order valence-electron chi connectivity index (χ0n) is 16.3. The molecule has 1 aromatic heterocycles. The van der Waals surface area contributed by atoms with E-state index in [-0.39, 0.29) is 59.2 Å². The molecule has 3 aromatic rings. The predicted octanol–water partition coefficient (Wildman–Crippen LogP) is 4.12. The normalized spacial score (nSPS) is 19.2.